The zero-order valence-electron chi connectivity index (χ0n) is 15.5. The molecular weight excluding hydrogens is 347 g/mol. The third-order valence-corrected chi connectivity index (χ3v) is 4.45. The minimum absolute atomic E-state index is 0.0143. The lowest BCUT2D eigenvalue weighted by Gasteiger charge is -2.24. The molecule has 0 N–H and O–H groups in total. The van der Waals surface area contributed by atoms with Gasteiger partial charge in [0.2, 0.25) is 5.91 Å². The lowest BCUT2D eigenvalue weighted by molar-refractivity contribution is -0.137. The van der Waals surface area contributed by atoms with Gasteiger partial charge in [-0.25, -0.2) is 4.39 Å². The summed E-state index contributed by atoms with van der Waals surface area (Å²) in [6, 6.07) is 14.2. The van der Waals surface area contributed by atoms with Crippen LogP contribution in [0.25, 0.3) is 0 Å². The van der Waals surface area contributed by atoms with Gasteiger partial charge in [0.05, 0.1) is 12.3 Å². The molecule has 0 saturated heterocycles. The maximum absolute atomic E-state index is 13.1. The largest absolute Gasteiger partial charge is 0.390 e. The summed E-state index contributed by atoms with van der Waals surface area (Å²) in [7, 11) is 1.48. The molecule has 0 saturated carbocycles. The number of aryl methyl sites for hydroxylation is 1. The molecule has 27 heavy (non-hydrogen) atoms. The van der Waals surface area contributed by atoms with Gasteiger partial charge in [0, 0.05) is 20.1 Å². The Bertz CT molecular complexity index is 803. The molecule has 3 rings (SSSR count). The Labute approximate surface area is 158 Å². The van der Waals surface area contributed by atoms with Gasteiger partial charge < -0.3 is 14.5 Å². The Kier molecular flexibility index (Phi) is 6.19. The number of ether oxygens (including phenoxy) is 1. The number of halogens is 1. The Balaban J connectivity index is 1.64. The predicted molar refractivity (Wildman–Crippen MR) is 101 cm³/mol. The van der Waals surface area contributed by atoms with Gasteiger partial charge in [0.25, 0.3) is 0 Å². The number of amides is 1. The van der Waals surface area contributed by atoms with Gasteiger partial charge in [-0.15, -0.1) is 0 Å². The molecule has 0 unspecified atom stereocenters. The van der Waals surface area contributed by atoms with Crippen LogP contribution in [0.2, 0.25) is 0 Å². The van der Waals surface area contributed by atoms with Crippen LogP contribution < -0.4 is 0 Å². The Morgan fingerprint density at radius 1 is 1.22 bits per heavy atom. The first-order chi connectivity index (χ1) is 13.0. The van der Waals surface area contributed by atoms with Crippen LogP contribution in [0.3, 0.4) is 0 Å². The molecule has 0 fully saturated rings. The van der Waals surface area contributed by atoms with Crippen LogP contribution >= 0.6 is 0 Å². The smallest absolute Gasteiger partial charge is 0.248 e. The van der Waals surface area contributed by atoms with E-state index in [9.17, 15) is 9.18 Å². The maximum atomic E-state index is 13.1. The van der Waals surface area contributed by atoms with Crippen LogP contribution in [0.1, 0.15) is 23.1 Å². The second-order valence-electron chi connectivity index (χ2n) is 6.67. The van der Waals surface area contributed by atoms with Crippen molar-refractivity contribution in [2.75, 3.05) is 20.3 Å². The van der Waals surface area contributed by atoms with E-state index in [0.717, 1.165) is 16.8 Å². The Morgan fingerprint density at radius 2 is 1.93 bits per heavy atom. The fraction of sp³-hybridized carbons (Fsp3) is 0.333. The number of nitrogens with zero attached hydrogens (tertiary/aromatic N) is 2. The van der Waals surface area contributed by atoms with Crippen LogP contribution in [0.15, 0.2) is 53.7 Å². The number of carbonyl (C=O) groups is 1. The third kappa shape index (κ3) is 5.14. The molecule has 6 heteroatoms. The van der Waals surface area contributed by atoms with Crippen molar-refractivity contribution in [1.82, 2.24) is 4.90 Å². The molecule has 0 bridgehead atoms. The third-order valence-electron chi connectivity index (χ3n) is 4.45. The summed E-state index contributed by atoms with van der Waals surface area (Å²) in [4.78, 5) is 19.6. The van der Waals surface area contributed by atoms with Crippen LogP contribution in [-0.4, -0.2) is 42.9 Å². The molecule has 1 heterocycles. The van der Waals surface area contributed by atoms with Gasteiger partial charge in [0.1, 0.15) is 12.4 Å². The second-order valence-corrected chi connectivity index (χ2v) is 6.67. The molecule has 2 aromatic rings. The van der Waals surface area contributed by atoms with Crippen LogP contribution in [0, 0.1) is 12.7 Å². The zero-order valence-corrected chi connectivity index (χ0v) is 15.5. The van der Waals surface area contributed by atoms with E-state index in [0.29, 0.717) is 19.5 Å². The minimum atomic E-state index is -0.302. The van der Waals surface area contributed by atoms with Crippen molar-refractivity contribution in [2.45, 2.75) is 26.0 Å². The van der Waals surface area contributed by atoms with E-state index in [4.69, 9.17) is 9.57 Å². The highest BCUT2D eigenvalue weighted by Crippen LogP contribution is 2.19. The summed E-state index contributed by atoms with van der Waals surface area (Å²) in [5.41, 5.74) is 3.93. The number of rotatable bonds is 7. The fourth-order valence-electron chi connectivity index (χ4n) is 2.97. The van der Waals surface area contributed by atoms with Crippen LogP contribution in [0.5, 0.6) is 0 Å². The molecule has 1 atom stereocenters. The molecule has 0 aromatic heterocycles. The first kappa shape index (κ1) is 19.0. The van der Waals surface area contributed by atoms with Gasteiger partial charge in [-0.3, -0.25) is 4.79 Å². The van der Waals surface area contributed by atoms with E-state index in [-0.39, 0.29) is 24.4 Å². The van der Waals surface area contributed by atoms with Gasteiger partial charge >= 0.3 is 0 Å². The molecule has 1 aliphatic rings. The summed E-state index contributed by atoms with van der Waals surface area (Å²) in [6.45, 7) is 2.77. The summed E-state index contributed by atoms with van der Waals surface area (Å²) in [5.74, 6) is -0.446. The van der Waals surface area contributed by atoms with Crippen molar-refractivity contribution in [1.29, 1.82) is 0 Å². The molecule has 0 aliphatic carbocycles. The van der Waals surface area contributed by atoms with E-state index in [1.807, 2.05) is 31.2 Å². The number of methoxy groups -OCH3 is 1. The molecule has 1 aliphatic heterocycles. The van der Waals surface area contributed by atoms with Gasteiger partial charge in [0.15, 0.2) is 6.10 Å². The molecule has 2 aromatic carbocycles. The van der Waals surface area contributed by atoms with E-state index in [1.54, 1.807) is 17.0 Å². The summed E-state index contributed by atoms with van der Waals surface area (Å²) >= 11 is 0. The van der Waals surface area contributed by atoms with E-state index < -0.39 is 0 Å². The van der Waals surface area contributed by atoms with Crippen molar-refractivity contribution in [3.05, 3.63) is 71.0 Å². The van der Waals surface area contributed by atoms with Crippen molar-refractivity contribution in [3.63, 3.8) is 0 Å². The molecule has 5 nitrogen and oxygen atoms in total. The fourth-order valence-corrected chi connectivity index (χ4v) is 2.97. The first-order valence-electron chi connectivity index (χ1n) is 8.86. The molecule has 142 valence electrons. The lowest BCUT2D eigenvalue weighted by Crippen LogP contribution is -2.39. The Morgan fingerprint density at radius 3 is 2.59 bits per heavy atom. The monoisotopic (exact) mass is 370 g/mol. The summed E-state index contributed by atoms with van der Waals surface area (Å²) < 4.78 is 18.1. The molecular formula is C21H23FN2O3. The number of hydrogen-bond donors (Lipinski definition) is 0. The highest BCUT2D eigenvalue weighted by atomic mass is 19.1. The number of benzene rings is 2. The van der Waals surface area contributed by atoms with Gasteiger partial charge in [-0.1, -0.05) is 47.1 Å². The standard InChI is InChI=1S/C21H23FN2O3/c1-15-3-7-17(8-4-15)20-11-19(27-23-20)13-24(21(25)14-26-2)12-16-5-9-18(22)10-6-16/h3-10,19H,11-14H2,1-2H3/t19-/m1/s1. The molecule has 1 amide bonds. The van der Waals surface area contributed by atoms with E-state index >= 15 is 0 Å². The van der Waals surface area contributed by atoms with E-state index in [1.165, 1.54) is 24.8 Å². The average Bonchev–Trinajstić information content (AvgIpc) is 3.12. The predicted octanol–water partition coefficient (Wildman–Crippen LogP) is 3.30. The highest BCUT2D eigenvalue weighted by Gasteiger charge is 2.26. The van der Waals surface area contributed by atoms with Crippen molar-refractivity contribution < 1.29 is 18.8 Å². The Hall–Kier alpha value is -2.73. The van der Waals surface area contributed by atoms with E-state index in [2.05, 4.69) is 5.16 Å². The zero-order chi connectivity index (χ0) is 19.2. The maximum Gasteiger partial charge on any atom is 0.248 e. The summed E-state index contributed by atoms with van der Waals surface area (Å²) in [6.07, 6.45) is 0.408. The average molecular weight is 370 g/mol. The van der Waals surface area contributed by atoms with Crippen LogP contribution in [-0.2, 0) is 20.9 Å². The quantitative estimate of drug-likeness (QED) is 0.751. The normalized spacial score (nSPS) is 16.0. The topological polar surface area (TPSA) is 51.1 Å². The van der Waals surface area contributed by atoms with Gasteiger partial charge in [-0.2, -0.15) is 0 Å². The minimum Gasteiger partial charge on any atom is -0.390 e. The van der Waals surface area contributed by atoms with Crippen molar-refractivity contribution in [3.8, 4) is 0 Å². The van der Waals surface area contributed by atoms with Crippen molar-refractivity contribution in [2.24, 2.45) is 5.16 Å². The lowest BCUT2D eigenvalue weighted by atomic mass is 10.0. The number of hydrogen-bond acceptors (Lipinski definition) is 4. The first-order valence-corrected chi connectivity index (χ1v) is 8.86. The van der Waals surface area contributed by atoms with Crippen molar-refractivity contribution >= 4 is 11.6 Å². The summed E-state index contributed by atoms with van der Waals surface area (Å²) in [5, 5.41) is 4.19. The SMILES string of the molecule is COCC(=O)N(Cc1ccc(F)cc1)C[C@H]1CC(c2ccc(C)cc2)=NO1. The highest BCUT2D eigenvalue weighted by molar-refractivity contribution is 6.01. The van der Waals surface area contributed by atoms with Gasteiger partial charge in [-0.05, 0) is 30.2 Å². The van der Waals surface area contributed by atoms with Crippen LogP contribution in [0.4, 0.5) is 4.39 Å². The molecule has 0 spiro atoms. The number of carbonyl (C=O) groups excluding carboxylic acids is 1. The molecule has 0 radical (unpaired) electrons. The second kappa shape index (κ2) is 8.77. The number of oxime groups is 1.